The molecule has 2 rings (SSSR count). The number of epoxide rings is 1. The lowest BCUT2D eigenvalue weighted by Gasteiger charge is -2.28. The van der Waals surface area contributed by atoms with E-state index in [0.29, 0.717) is 24.0 Å². The van der Waals surface area contributed by atoms with E-state index in [9.17, 15) is 0 Å². The largest absolute Gasteiger partial charge is 0.502 e. The Morgan fingerprint density at radius 1 is 1.00 bits per heavy atom. The summed E-state index contributed by atoms with van der Waals surface area (Å²) in [6.07, 6.45) is 6.14. The molecule has 1 saturated heterocycles. The molecule has 0 aromatic carbocycles. The topological polar surface area (TPSA) is 31.0 Å². The highest BCUT2D eigenvalue weighted by Crippen LogP contribution is 2.43. The molecule has 84 valence electrons. The van der Waals surface area contributed by atoms with Gasteiger partial charge in [-0.15, -0.1) is 0 Å². The summed E-state index contributed by atoms with van der Waals surface area (Å²) in [6.45, 7) is 8.57. The average Bonchev–Trinajstić information content (AvgIpc) is 3.00. The van der Waals surface area contributed by atoms with E-state index in [1.54, 1.807) is 0 Å². The summed E-state index contributed by atoms with van der Waals surface area (Å²) in [6, 6.07) is 0. The van der Waals surface area contributed by atoms with Crippen LogP contribution >= 0.6 is 0 Å². The minimum atomic E-state index is 0.475. The second-order valence-electron chi connectivity index (χ2n) is 4.20. The molecule has 2 fully saturated rings. The first kappa shape index (κ1) is 10.6. The van der Waals surface area contributed by atoms with Crippen molar-refractivity contribution in [2.24, 2.45) is 11.8 Å². The number of hydrogen-bond donors (Lipinski definition) is 0. The molecule has 4 unspecified atom stereocenters. The number of fused-ring (bicyclic) bond motifs is 1. The molecular weight excluding hydrogens is 192 g/mol. The molecule has 1 aliphatic heterocycles. The maximum atomic E-state index is 5.54. The van der Waals surface area contributed by atoms with E-state index in [1.807, 2.05) is 0 Å². The van der Waals surface area contributed by atoms with Gasteiger partial charge in [-0.3, -0.25) is 0 Å². The van der Waals surface area contributed by atoms with Gasteiger partial charge in [-0.05, 0) is 12.8 Å². The van der Waals surface area contributed by atoms with Crippen LogP contribution in [0.4, 0.5) is 0 Å². The third-order valence-corrected chi connectivity index (χ3v) is 3.28. The molecule has 3 heteroatoms. The van der Waals surface area contributed by atoms with Gasteiger partial charge in [-0.1, -0.05) is 13.2 Å². The monoisotopic (exact) mass is 210 g/mol. The van der Waals surface area contributed by atoms with E-state index in [2.05, 4.69) is 13.2 Å². The second-order valence-corrected chi connectivity index (χ2v) is 4.20. The Labute approximate surface area is 90.7 Å². The van der Waals surface area contributed by atoms with Crippen molar-refractivity contribution in [1.29, 1.82) is 0 Å². The maximum Gasteiger partial charge on any atom is 0.0906 e. The van der Waals surface area contributed by atoms with Crippen LogP contribution in [0.15, 0.2) is 25.7 Å². The van der Waals surface area contributed by atoms with Gasteiger partial charge in [0, 0.05) is 11.8 Å². The molecule has 0 aromatic heterocycles. The Kier molecular flexibility index (Phi) is 3.31. The standard InChI is InChI=1S/C12H18O3/c1-3-13-7-9-5-11-12(15-11)6-10(9)8-14-4-2/h3-4,9-12H,1-2,5-8H2. The zero-order chi connectivity index (χ0) is 10.7. The van der Waals surface area contributed by atoms with Gasteiger partial charge in [-0.25, -0.2) is 0 Å². The summed E-state index contributed by atoms with van der Waals surface area (Å²) < 4.78 is 16.1. The summed E-state index contributed by atoms with van der Waals surface area (Å²) in [5.41, 5.74) is 0. The SMILES string of the molecule is C=COCC1CC2OC2CC1COC=C. The van der Waals surface area contributed by atoms with E-state index in [0.717, 1.165) is 26.1 Å². The molecular formula is C12H18O3. The summed E-state index contributed by atoms with van der Waals surface area (Å²) in [5.74, 6) is 1.04. The van der Waals surface area contributed by atoms with Gasteiger partial charge < -0.3 is 14.2 Å². The van der Waals surface area contributed by atoms with Crippen LogP contribution in [0, 0.1) is 11.8 Å². The Bertz CT molecular complexity index is 215. The van der Waals surface area contributed by atoms with Gasteiger partial charge in [-0.2, -0.15) is 0 Å². The van der Waals surface area contributed by atoms with Gasteiger partial charge in [0.05, 0.1) is 37.9 Å². The lowest BCUT2D eigenvalue weighted by atomic mass is 9.80. The van der Waals surface area contributed by atoms with Crippen LogP contribution < -0.4 is 0 Å². The van der Waals surface area contributed by atoms with E-state index >= 15 is 0 Å². The van der Waals surface area contributed by atoms with Gasteiger partial charge in [0.25, 0.3) is 0 Å². The fourth-order valence-electron chi connectivity index (χ4n) is 2.37. The average molecular weight is 210 g/mol. The highest BCUT2D eigenvalue weighted by Gasteiger charge is 2.48. The van der Waals surface area contributed by atoms with Crippen LogP contribution in [0.2, 0.25) is 0 Å². The van der Waals surface area contributed by atoms with Gasteiger partial charge >= 0.3 is 0 Å². The minimum absolute atomic E-state index is 0.475. The minimum Gasteiger partial charge on any atom is -0.502 e. The number of rotatable bonds is 6. The van der Waals surface area contributed by atoms with Gasteiger partial charge in [0.1, 0.15) is 0 Å². The summed E-state index contributed by atoms with van der Waals surface area (Å²) in [7, 11) is 0. The van der Waals surface area contributed by atoms with Crippen LogP contribution in [0.25, 0.3) is 0 Å². The van der Waals surface area contributed by atoms with E-state index < -0.39 is 0 Å². The fourth-order valence-corrected chi connectivity index (χ4v) is 2.37. The molecule has 0 radical (unpaired) electrons. The molecule has 0 aromatic rings. The molecule has 1 aliphatic carbocycles. The van der Waals surface area contributed by atoms with Crippen molar-refractivity contribution in [2.75, 3.05) is 13.2 Å². The smallest absolute Gasteiger partial charge is 0.0906 e. The molecule has 4 atom stereocenters. The van der Waals surface area contributed by atoms with Crippen LogP contribution in [0.3, 0.4) is 0 Å². The zero-order valence-electron chi connectivity index (χ0n) is 8.93. The second kappa shape index (κ2) is 4.71. The molecule has 0 N–H and O–H groups in total. The first-order valence-corrected chi connectivity index (χ1v) is 5.45. The Hall–Kier alpha value is -0.960. The molecule has 1 heterocycles. The van der Waals surface area contributed by atoms with Crippen molar-refractivity contribution in [2.45, 2.75) is 25.0 Å². The van der Waals surface area contributed by atoms with Gasteiger partial charge in [0.15, 0.2) is 0 Å². The third kappa shape index (κ3) is 2.53. The first-order chi connectivity index (χ1) is 7.35. The van der Waals surface area contributed by atoms with E-state index in [1.165, 1.54) is 12.5 Å². The molecule has 0 amide bonds. The Morgan fingerprint density at radius 3 is 1.87 bits per heavy atom. The van der Waals surface area contributed by atoms with Crippen LogP contribution in [-0.4, -0.2) is 25.4 Å². The fraction of sp³-hybridized carbons (Fsp3) is 0.667. The number of hydrogen-bond acceptors (Lipinski definition) is 3. The van der Waals surface area contributed by atoms with E-state index in [-0.39, 0.29) is 0 Å². The highest BCUT2D eigenvalue weighted by atomic mass is 16.6. The number of ether oxygens (including phenoxy) is 3. The third-order valence-electron chi connectivity index (χ3n) is 3.28. The van der Waals surface area contributed by atoms with Crippen LogP contribution in [-0.2, 0) is 14.2 Å². The Morgan fingerprint density at radius 2 is 1.47 bits per heavy atom. The summed E-state index contributed by atoms with van der Waals surface area (Å²) >= 11 is 0. The lowest BCUT2D eigenvalue weighted by molar-refractivity contribution is 0.0810. The highest BCUT2D eigenvalue weighted by molar-refractivity contribution is 4.96. The predicted molar refractivity (Wildman–Crippen MR) is 57.2 cm³/mol. The molecule has 1 saturated carbocycles. The molecule has 0 bridgehead atoms. The van der Waals surface area contributed by atoms with Crippen molar-refractivity contribution in [3.05, 3.63) is 25.7 Å². The van der Waals surface area contributed by atoms with Gasteiger partial charge in [0.2, 0.25) is 0 Å². The van der Waals surface area contributed by atoms with Crippen molar-refractivity contribution in [3.63, 3.8) is 0 Å². The molecule has 3 nitrogen and oxygen atoms in total. The van der Waals surface area contributed by atoms with Crippen LogP contribution in [0.1, 0.15) is 12.8 Å². The summed E-state index contributed by atoms with van der Waals surface area (Å²) in [5, 5.41) is 0. The van der Waals surface area contributed by atoms with Crippen molar-refractivity contribution < 1.29 is 14.2 Å². The lowest BCUT2D eigenvalue weighted by Crippen LogP contribution is -2.30. The van der Waals surface area contributed by atoms with E-state index in [4.69, 9.17) is 14.2 Å². The summed E-state index contributed by atoms with van der Waals surface area (Å²) in [4.78, 5) is 0. The van der Waals surface area contributed by atoms with Crippen molar-refractivity contribution in [1.82, 2.24) is 0 Å². The molecule has 15 heavy (non-hydrogen) atoms. The molecule has 0 spiro atoms. The quantitative estimate of drug-likeness (QED) is 0.497. The Balaban J connectivity index is 1.84. The molecule has 2 aliphatic rings. The zero-order valence-corrected chi connectivity index (χ0v) is 8.93. The first-order valence-electron chi connectivity index (χ1n) is 5.45. The van der Waals surface area contributed by atoms with Crippen molar-refractivity contribution >= 4 is 0 Å². The predicted octanol–water partition coefficient (Wildman–Crippen LogP) is 2.10. The maximum absolute atomic E-state index is 5.54. The van der Waals surface area contributed by atoms with Crippen LogP contribution in [0.5, 0.6) is 0 Å². The van der Waals surface area contributed by atoms with Crippen molar-refractivity contribution in [3.8, 4) is 0 Å². The normalized spacial score (nSPS) is 37.6.